The number of aliphatic hydroxyl groups excluding tert-OH is 1. The van der Waals surface area contributed by atoms with Crippen LogP contribution in [0, 0.1) is 5.41 Å². The maximum Gasteiger partial charge on any atom is 0.137 e. The Kier molecular flexibility index (Phi) is 2.61. The molecule has 104 valence electrons. The highest BCUT2D eigenvalue weighted by Crippen LogP contribution is 2.41. The topological polar surface area (TPSA) is 47.3 Å². The Bertz CT molecular complexity index is 749. The summed E-state index contributed by atoms with van der Waals surface area (Å²) >= 11 is 0. The average Bonchev–Trinajstić information content (AvgIpc) is 2.80. The van der Waals surface area contributed by atoms with Gasteiger partial charge >= 0.3 is 0 Å². The Balaban J connectivity index is 1.84. The molecule has 2 aliphatic rings. The number of nitrogens with one attached hydrogen (secondary N) is 1. The standard InChI is InChI=1S/C18H16N2O/c19-18-16(13-7-2-1-3-8-13)17(21)15-11-10-12-6-4-5-9-14(12)20(15)18/h1-9,15,19,21H,10-11H2. The van der Waals surface area contributed by atoms with Crippen molar-refractivity contribution in [2.75, 3.05) is 4.90 Å². The predicted octanol–water partition coefficient (Wildman–Crippen LogP) is 3.77. The smallest absolute Gasteiger partial charge is 0.137 e. The van der Waals surface area contributed by atoms with E-state index in [-0.39, 0.29) is 6.04 Å². The number of fused-ring (bicyclic) bond motifs is 3. The fraction of sp³-hybridized carbons (Fsp3) is 0.167. The highest BCUT2D eigenvalue weighted by Gasteiger charge is 2.40. The second-order valence-electron chi connectivity index (χ2n) is 5.53. The van der Waals surface area contributed by atoms with Crippen molar-refractivity contribution < 1.29 is 5.11 Å². The summed E-state index contributed by atoms with van der Waals surface area (Å²) in [5.74, 6) is 0.733. The summed E-state index contributed by atoms with van der Waals surface area (Å²) < 4.78 is 0. The summed E-state index contributed by atoms with van der Waals surface area (Å²) in [7, 11) is 0. The van der Waals surface area contributed by atoms with E-state index in [1.165, 1.54) is 5.56 Å². The van der Waals surface area contributed by atoms with E-state index in [2.05, 4.69) is 6.07 Å². The molecule has 3 nitrogen and oxygen atoms in total. The van der Waals surface area contributed by atoms with Gasteiger partial charge in [-0.3, -0.25) is 5.41 Å². The highest BCUT2D eigenvalue weighted by atomic mass is 16.3. The third-order valence-corrected chi connectivity index (χ3v) is 4.36. The molecule has 0 aromatic heterocycles. The number of nitrogens with zero attached hydrogens (tertiary/aromatic N) is 1. The van der Waals surface area contributed by atoms with Gasteiger partial charge < -0.3 is 10.0 Å². The lowest BCUT2D eigenvalue weighted by atomic mass is 9.96. The molecule has 0 bridgehead atoms. The number of benzene rings is 2. The highest BCUT2D eigenvalue weighted by molar-refractivity contribution is 6.31. The Hall–Kier alpha value is -2.55. The third kappa shape index (κ3) is 1.70. The van der Waals surface area contributed by atoms with Gasteiger partial charge in [0.15, 0.2) is 0 Å². The normalized spacial score (nSPS) is 20.5. The molecule has 0 radical (unpaired) electrons. The van der Waals surface area contributed by atoms with E-state index in [0.717, 1.165) is 24.1 Å². The van der Waals surface area contributed by atoms with Crippen LogP contribution >= 0.6 is 0 Å². The number of hydrogen-bond donors (Lipinski definition) is 2. The van der Waals surface area contributed by atoms with Gasteiger partial charge in [-0.05, 0) is 30.0 Å². The molecule has 1 unspecified atom stereocenters. The molecule has 0 spiro atoms. The minimum atomic E-state index is -0.0948. The average molecular weight is 276 g/mol. The van der Waals surface area contributed by atoms with Gasteiger partial charge in [-0.25, -0.2) is 0 Å². The molecule has 4 rings (SSSR count). The Labute approximate surface area is 123 Å². The van der Waals surface area contributed by atoms with Crippen LogP contribution in [0.5, 0.6) is 0 Å². The molecule has 21 heavy (non-hydrogen) atoms. The van der Waals surface area contributed by atoms with Gasteiger partial charge in [-0.15, -0.1) is 0 Å². The van der Waals surface area contributed by atoms with E-state index in [1.54, 1.807) is 0 Å². The van der Waals surface area contributed by atoms with Crippen LogP contribution in [-0.4, -0.2) is 17.0 Å². The lowest BCUT2D eigenvalue weighted by Gasteiger charge is -2.33. The quantitative estimate of drug-likeness (QED) is 0.833. The zero-order valence-electron chi connectivity index (χ0n) is 11.6. The first-order valence-electron chi connectivity index (χ1n) is 7.22. The first kappa shape index (κ1) is 12.2. The van der Waals surface area contributed by atoms with Crippen LogP contribution in [0.1, 0.15) is 17.5 Å². The fourth-order valence-corrected chi connectivity index (χ4v) is 3.38. The molecule has 0 saturated heterocycles. The molecule has 0 fully saturated rings. The van der Waals surface area contributed by atoms with E-state index in [1.807, 2.05) is 53.4 Å². The van der Waals surface area contributed by atoms with Crippen LogP contribution in [0.25, 0.3) is 5.57 Å². The van der Waals surface area contributed by atoms with Gasteiger partial charge in [0.25, 0.3) is 0 Å². The predicted molar refractivity (Wildman–Crippen MR) is 84.7 cm³/mol. The van der Waals surface area contributed by atoms with Crippen LogP contribution in [0.2, 0.25) is 0 Å². The van der Waals surface area contributed by atoms with Crippen LogP contribution in [0.3, 0.4) is 0 Å². The first-order chi connectivity index (χ1) is 10.3. The summed E-state index contributed by atoms with van der Waals surface area (Å²) in [5.41, 5.74) is 3.88. The number of aryl methyl sites for hydroxylation is 1. The van der Waals surface area contributed by atoms with E-state index in [4.69, 9.17) is 5.41 Å². The van der Waals surface area contributed by atoms with E-state index in [9.17, 15) is 5.11 Å². The van der Waals surface area contributed by atoms with Gasteiger partial charge in [0, 0.05) is 5.69 Å². The van der Waals surface area contributed by atoms with Crippen molar-refractivity contribution >= 4 is 17.1 Å². The van der Waals surface area contributed by atoms with Crippen molar-refractivity contribution in [2.24, 2.45) is 0 Å². The largest absolute Gasteiger partial charge is 0.509 e. The maximum atomic E-state index is 10.6. The van der Waals surface area contributed by atoms with E-state index >= 15 is 0 Å². The Morgan fingerprint density at radius 2 is 1.71 bits per heavy atom. The zero-order chi connectivity index (χ0) is 14.4. The van der Waals surface area contributed by atoms with Gasteiger partial charge in [-0.2, -0.15) is 0 Å². The number of anilines is 1. The van der Waals surface area contributed by atoms with Gasteiger partial charge in [0.05, 0.1) is 11.6 Å². The number of amidine groups is 1. The molecule has 2 aliphatic heterocycles. The van der Waals surface area contributed by atoms with Crippen molar-refractivity contribution in [3.8, 4) is 0 Å². The molecule has 2 heterocycles. The zero-order valence-corrected chi connectivity index (χ0v) is 11.6. The second-order valence-corrected chi connectivity index (χ2v) is 5.53. The molecule has 0 amide bonds. The first-order valence-corrected chi connectivity index (χ1v) is 7.22. The Morgan fingerprint density at radius 1 is 1.00 bits per heavy atom. The van der Waals surface area contributed by atoms with Gasteiger partial charge in [0.2, 0.25) is 0 Å². The summed E-state index contributed by atoms with van der Waals surface area (Å²) in [4.78, 5) is 1.97. The van der Waals surface area contributed by atoms with Gasteiger partial charge in [0.1, 0.15) is 11.6 Å². The molecule has 2 aromatic carbocycles. The monoisotopic (exact) mass is 276 g/mol. The van der Waals surface area contributed by atoms with E-state index < -0.39 is 0 Å². The second kappa shape index (κ2) is 4.48. The molecular formula is C18H16N2O. The van der Waals surface area contributed by atoms with Crippen molar-refractivity contribution in [3.63, 3.8) is 0 Å². The lowest BCUT2D eigenvalue weighted by molar-refractivity contribution is 0.366. The summed E-state index contributed by atoms with van der Waals surface area (Å²) in [6.45, 7) is 0. The lowest BCUT2D eigenvalue weighted by Crippen LogP contribution is -2.39. The molecular weight excluding hydrogens is 260 g/mol. The van der Waals surface area contributed by atoms with Crippen molar-refractivity contribution in [1.82, 2.24) is 0 Å². The van der Waals surface area contributed by atoms with Gasteiger partial charge in [-0.1, -0.05) is 48.5 Å². The number of hydrogen-bond acceptors (Lipinski definition) is 2. The maximum absolute atomic E-state index is 10.6. The number of rotatable bonds is 1. The van der Waals surface area contributed by atoms with Crippen molar-refractivity contribution in [1.29, 1.82) is 5.41 Å². The molecule has 0 aliphatic carbocycles. The van der Waals surface area contributed by atoms with Crippen LogP contribution < -0.4 is 4.90 Å². The molecule has 3 heteroatoms. The minimum absolute atomic E-state index is 0.0948. The Morgan fingerprint density at radius 3 is 2.52 bits per heavy atom. The molecule has 2 aromatic rings. The van der Waals surface area contributed by atoms with Crippen molar-refractivity contribution in [3.05, 3.63) is 71.5 Å². The molecule has 2 N–H and O–H groups in total. The van der Waals surface area contributed by atoms with Crippen molar-refractivity contribution in [2.45, 2.75) is 18.9 Å². The summed E-state index contributed by atoms with van der Waals surface area (Å²) in [5, 5.41) is 19.2. The number of para-hydroxylation sites is 1. The summed E-state index contributed by atoms with van der Waals surface area (Å²) in [6.07, 6.45) is 1.79. The van der Waals surface area contributed by atoms with Crippen LogP contribution in [0.15, 0.2) is 60.4 Å². The third-order valence-electron chi connectivity index (χ3n) is 4.36. The molecule has 1 atom stereocenters. The van der Waals surface area contributed by atoms with Crippen LogP contribution in [0.4, 0.5) is 5.69 Å². The SMILES string of the molecule is N=C1C(c2ccccc2)=C(O)C2CCc3ccccc3N12. The molecule has 0 saturated carbocycles. The van der Waals surface area contributed by atoms with Crippen LogP contribution in [-0.2, 0) is 6.42 Å². The minimum Gasteiger partial charge on any atom is -0.509 e. The fourth-order valence-electron chi connectivity index (χ4n) is 3.38. The summed E-state index contributed by atoms with van der Waals surface area (Å²) in [6, 6.07) is 17.8. The number of aliphatic hydroxyl groups is 1. The van der Waals surface area contributed by atoms with E-state index in [0.29, 0.717) is 17.2 Å².